The quantitative estimate of drug-likeness (QED) is 0.723. The molecule has 0 bridgehead atoms. The summed E-state index contributed by atoms with van der Waals surface area (Å²) in [6, 6.07) is 0.104. The molecule has 0 radical (unpaired) electrons. The van der Waals surface area contributed by atoms with Gasteiger partial charge in [-0.3, -0.25) is 4.68 Å². The summed E-state index contributed by atoms with van der Waals surface area (Å²) in [6.07, 6.45) is 4.94. The van der Waals surface area contributed by atoms with E-state index < -0.39 is 0 Å². The first-order valence-electron chi connectivity index (χ1n) is 8.19. The first-order valence-corrected chi connectivity index (χ1v) is 8.19. The van der Waals surface area contributed by atoms with Crippen molar-refractivity contribution in [3.63, 3.8) is 0 Å². The number of nitrogens with one attached hydrogen (secondary N) is 2. The molecule has 6 nitrogen and oxygen atoms in total. The second-order valence-corrected chi connectivity index (χ2v) is 6.28. The molecule has 6 heteroatoms. The number of urea groups is 1. The lowest BCUT2D eigenvalue weighted by atomic mass is 9.93. The van der Waals surface area contributed by atoms with E-state index in [4.69, 9.17) is 0 Å². The number of aryl methyl sites for hydroxylation is 2. The number of aromatic nitrogens is 2. The van der Waals surface area contributed by atoms with E-state index in [2.05, 4.69) is 22.7 Å². The van der Waals surface area contributed by atoms with Crippen LogP contribution in [-0.2, 0) is 13.5 Å². The summed E-state index contributed by atoms with van der Waals surface area (Å²) in [5.74, 6) is 0. The summed E-state index contributed by atoms with van der Waals surface area (Å²) < 4.78 is 1.91. The van der Waals surface area contributed by atoms with Crippen LogP contribution in [0.4, 0.5) is 4.79 Å². The van der Waals surface area contributed by atoms with Crippen LogP contribution in [-0.4, -0.2) is 39.6 Å². The van der Waals surface area contributed by atoms with Crippen molar-refractivity contribution in [3.05, 3.63) is 17.0 Å². The Bertz CT molecular complexity index is 504. The molecule has 1 saturated carbocycles. The smallest absolute Gasteiger partial charge is 0.315 e. The van der Waals surface area contributed by atoms with Gasteiger partial charge in [0.05, 0.1) is 11.8 Å². The van der Waals surface area contributed by atoms with Gasteiger partial charge in [0, 0.05) is 25.3 Å². The van der Waals surface area contributed by atoms with Crippen molar-refractivity contribution < 1.29 is 9.90 Å². The van der Waals surface area contributed by atoms with E-state index >= 15 is 0 Å². The lowest BCUT2D eigenvalue weighted by Gasteiger charge is -2.26. The van der Waals surface area contributed by atoms with Crippen molar-refractivity contribution in [1.29, 1.82) is 0 Å². The lowest BCUT2D eigenvalue weighted by molar-refractivity contribution is 0.117. The van der Waals surface area contributed by atoms with Gasteiger partial charge in [0.1, 0.15) is 0 Å². The standard InChI is InChI=1S/C16H28N4O2/c1-11-15(12(2)20(3)19-11)5-4-10-17-16(22)18-13-6-8-14(21)9-7-13/h13-14,21H,4-10H2,1-3H3,(H2,17,18,22). The van der Waals surface area contributed by atoms with E-state index in [1.54, 1.807) is 0 Å². The number of aliphatic hydroxyl groups is 1. The third kappa shape index (κ3) is 4.47. The maximum absolute atomic E-state index is 11.8. The zero-order chi connectivity index (χ0) is 16.1. The molecule has 2 rings (SSSR count). The van der Waals surface area contributed by atoms with Crippen LogP contribution in [0.2, 0.25) is 0 Å². The highest BCUT2D eigenvalue weighted by atomic mass is 16.3. The van der Waals surface area contributed by atoms with E-state index in [1.165, 1.54) is 11.3 Å². The van der Waals surface area contributed by atoms with Crippen molar-refractivity contribution in [3.8, 4) is 0 Å². The molecule has 1 aromatic rings. The molecule has 3 N–H and O–H groups in total. The van der Waals surface area contributed by atoms with Crippen LogP contribution in [0.15, 0.2) is 0 Å². The number of carbonyl (C=O) groups is 1. The second kappa shape index (κ2) is 7.63. The van der Waals surface area contributed by atoms with Crippen LogP contribution >= 0.6 is 0 Å². The first kappa shape index (κ1) is 16.8. The Kier molecular flexibility index (Phi) is 5.83. The van der Waals surface area contributed by atoms with Gasteiger partial charge in [-0.2, -0.15) is 5.10 Å². The number of rotatable bonds is 5. The summed E-state index contributed by atoms with van der Waals surface area (Å²) in [5.41, 5.74) is 3.55. The Hall–Kier alpha value is -1.56. The molecule has 1 aliphatic carbocycles. The molecule has 0 atom stereocenters. The van der Waals surface area contributed by atoms with Gasteiger partial charge in [-0.05, 0) is 57.9 Å². The monoisotopic (exact) mass is 308 g/mol. The lowest BCUT2D eigenvalue weighted by Crippen LogP contribution is -2.44. The van der Waals surface area contributed by atoms with Crippen molar-refractivity contribution in [2.45, 2.75) is 64.5 Å². The van der Waals surface area contributed by atoms with Gasteiger partial charge in [-0.1, -0.05) is 0 Å². The van der Waals surface area contributed by atoms with Crippen molar-refractivity contribution in [2.24, 2.45) is 7.05 Å². The summed E-state index contributed by atoms with van der Waals surface area (Å²) in [6.45, 7) is 4.77. The fourth-order valence-electron chi connectivity index (χ4n) is 3.10. The molecule has 1 aliphatic rings. The van der Waals surface area contributed by atoms with E-state index in [1.807, 2.05) is 18.7 Å². The molecular formula is C16H28N4O2. The minimum Gasteiger partial charge on any atom is -0.393 e. The van der Waals surface area contributed by atoms with E-state index in [0.717, 1.165) is 44.2 Å². The number of aliphatic hydroxyl groups excluding tert-OH is 1. The topological polar surface area (TPSA) is 79.2 Å². The van der Waals surface area contributed by atoms with Gasteiger partial charge in [0.25, 0.3) is 0 Å². The largest absolute Gasteiger partial charge is 0.393 e. The number of carbonyl (C=O) groups excluding carboxylic acids is 1. The third-order valence-electron chi connectivity index (χ3n) is 4.58. The van der Waals surface area contributed by atoms with Gasteiger partial charge in [0.15, 0.2) is 0 Å². The van der Waals surface area contributed by atoms with Gasteiger partial charge < -0.3 is 15.7 Å². The minimum atomic E-state index is -0.188. The van der Waals surface area contributed by atoms with E-state index in [-0.39, 0.29) is 18.2 Å². The molecule has 1 heterocycles. The molecule has 0 aliphatic heterocycles. The third-order valence-corrected chi connectivity index (χ3v) is 4.58. The maximum Gasteiger partial charge on any atom is 0.315 e. The molecule has 0 unspecified atom stereocenters. The summed E-state index contributed by atoms with van der Waals surface area (Å²) in [5, 5.41) is 19.8. The molecule has 1 aromatic heterocycles. The molecule has 2 amide bonds. The normalized spacial score (nSPS) is 21.6. The fourth-order valence-corrected chi connectivity index (χ4v) is 3.10. The Morgan fingerprint density at radius 3 is 2.59 bits per heavy atom. The minimum absolute atomic E-state index is 0.0963. The summed E-state index contributed by atoms with van der Waals surface area (Å²) in [4.78, 5) is 11.8. The Morgan fingerprint density at radius 2 is 2.00 bits per heavy atom. The molecule has 1 fully saturated rings. The molecular weight excluding hydrogens is 280 g/mol. The molecule has 0 aromatic carbocycles. The maximum atomic E-state index is 11.8. The van der Waals surface area contributed by atoms with Gasteiger partial charge in [0.2, 0.25) is 0 Å². The van der Waals surface area contributed by atoms with Crippen LogP contribution in [0.25, 0.3) is 0 Å². The number of amides is 2. The van der Waals surface area contributed by atoms with Crippen LogP contribution < -0.4 is 10.6 Å². The predicted octanol–water partition coefficient (Wildman–Crippen LogP) is 1.57. The number of nitrogens with zero attached hydrogens (tertiary/aromatic N) is 2. The highest BCUT2D eigenvalue weighted by Crippen LogP contribution is 2.18. The first-order chi connectivity index (χ1) is 10.5. The zero-order valence-electron chi connectivity index (χ0n) is 13.9. The summed E-state index contributed by atoms with van der Waals surface area (Å²) >= 11 is 0. The van der Waals surface area contributed by atoms with Gasteiger partial charge in [-0.15, -0.1) is 0 Å². The zero-order valence-corrected chi connectivity index (χ0v) is 13.9. The fraction of sp³-hybridized carbons (Fsp3) is 0.750. The summed E-state index contributed by atoms with van der Waals surface area (Å²) in [7, 11) is 1.96. The average Bonchev–Trinajstić information content (AvgIpc) is 2.72. The highest BCUT2D eigenvalue weighted by molar-refractivity contribution is 5.74. The van der Waals surface area contributed by atoms with Crippen LogP contribution in [0.5, 0.6) is 0 Å². The van der Waals surface area contributed by atoms with Gasteiger partial charge in [-0.25, -0.2) is 4.79 Å². The Morgan fingerprint density at radius 1 is 1.32 bits per heavy atom. The second-order valence-electron chi connectivity index (χ2n) is 6.28. The van der Waals surface area contributed by atoms with Crippen LogP contribution in [0, 0.1) is 13.8 Å². The van der Waals surface area contributed by atoms with Crippen LogP contribution in [0.3, 0.4) is 0 Å². The highest BCUT2D eigenvalue weighted by Gasteiger charge is 2.20. The molecule has 0 spiro atoms. The Labute approximate surface area is 132 Å². The Balaban J connectivity index is 1.65. The number of hydrogen-bond acceptors (Lipinski definition) is 3. The van der Waals surface area contributed by atoms with E-state index in [9.17, 15) is 9.90 Å². The van der Waals surface area contributed by atoms with Crippen molar-refractivity contribution >= 4 is 6.03 Å². The van der Waals surface area contributed by atoms with Crippen LogP contribution in [0.1, 0.15) is 49.1 Å². The number of hydrogen-bond donors (Lipinski definition) is 3. The molecule has 0 saturated heterocycles. The van der Waals surface area contributed by atoms with Gasteiger partial charge >= 0.3 is 6.03 Å². The predicted molar refractivity (Wildman–Crippen MR) is 85.8 cm³/mol. The SMILES string of the molecule is Cc1nn(C)c(C)c1CCCNC(=O)NC1CCC(O)CC1. The molecule has 124 valence electrons. The van der Waals surface area contributed by atoms with Crippen molar-refractivity contribution in [1.82, 2.24) is 20.4 Å². The van der Waals surface area contributed by atoms with Crippen molar-refractivity contribution in [2.75, 3.05) is 6.54 Å². The average molecular weight is 308 g/mol. The molecule has 22 heavy (non-hydrogen) atoms. The van der Waals surface area contributed by atoms with E-state index in [0.29, 0.717) is 6.54 Å².